The molecule has 0 aromatic carbocycles. The van der Waals surface area contributed by atoms with E-state index < -0.39 is 0 Å². The molecule has 2 heterocycles. The van der Waals surface area contributed by atoms with Gasteiger partial charge in [0, 0.05) is 39.6 Å². The van der Waals surface area contributed by atoms with Crippen LogP contribution < -0.4 is 5.73 Å². The number of amides is 1. The second kappa shape index (κ2) is 4.72. The Labute approximate surface area is 97.8 Å². The smallest absolute Gasteiger partial charge is 0.219 e. The van der Waals surface area contributed by atoms with Gasteiger partial charge in [0.2, 0.25) is 5.91 Å². The maximum absolute atomic E-state index is 11.3. The van der Waals surface area contributed by atoms with Crippen LogP contribution in [0, 0.1) is 5.41 Å². The molecule has 0 aromatic heterocycles. The summed E-state index contributed by atoms with van der Waals surface area (Å²) >= 11 is 0. The lowest BCUT2D eigenvalue weighted by Gasteiger charge is -2.39. The van der Waals surface area contributed by atoms with Gasteiger partial charge in [-0.05, 0) is 31.2 Å². The highest BCUT2D eigenvalue weighted by atomic mass is 16.2. The fourth-order valence-corrected chi connectivity index (χ4v) is 3.11. The Morgan fingerprint density at radius 2 is 1.88 bits per heavy atom. The van der Waals surface area contributed by atoms with Gasteiger partial charge >= 0.3 is 0 Å². The van der Waals surface area contributed by atoms with Crippen molar-refractivity contribution < 1.29 is 4.79 Å². The number of piperidine rings is 1. The lowest BCUT2D eigenvalue weighted by atomic mass is 9.78. The van der Waals surface area contributed by atoms with E-state index in [0.717, 1.165) is 26.2 Å². The average molecular weight is 225 g/mol. The third-order valence-corrected chi connectivity index (χ3v) is 4.23. The molecule has 0 bridgehead atoms. The summed E-state index contributed by atoms with van der Waals surface area (Å²) in [5.41, 5.74) is 6.08. The zero-order valence-corrected chi connectivity index (χ0v) is 10.2. The van der Waals surface area contributed by atoms with E-state index in [9.17, 15) is 4.79 Å². The van der Waals surface area contributed by atoms with Gasteiger partial charge in [-0.1, -0.05) is 0 Å². The number of likely N-dealkylation sites (tertiary alicyclic amines) is 2. The molecule has 0 saturated carbocycles. The third-order valence-electron chi connectivity index (χ3n) is 4.23. The quantitative estimate of drug-likeness (QED) is 0.734. The highest BCUT2D eigenvalue weighted by molar-refractivity contribution is 5.73. The molecule has 2 aliphatic heterocycles. The molecular formula is C12H23N3O. The molecule has 2 saturated heterocycles. The van der Waals surface area contributed by atoms with Gasteiger partial charge in [0.15, 0.2) is 0 Å². The van der Waals surface area contributed by atoms with Crippen LogP contribution in [-0.4, -0.2) is 55.0 Å². The van der Waals surface area contributed by atoms with E-state index >= 15 is 0 Å². The fraction of sp³-hybridized carbons (Fsp3) is 0.917. The van der Waals surface area contributed by atoms with E-state index in [1.165, 1.54) is 32.4 Å². The van der Waals surface area contributed by atoms with Gasteiger partial charge in [0.05, 0.1) is 0 Å². The molecule has 92 valence electrons. The number of hydrogen-bond donors (Lipinski definition) is 1. The maximum Gasteiger partial charge on any atom is 0.219 e. The van der Waals surface area contributed by atoms with Crippen LogP contribution in [0.3, 0.4) is 0 Å². The van der Waals surface area contributed by atoms with Gasteiger partial charge in [-0.2, -0.15) is 0 Å². The number of carbonyl (C=O) groups is 1. The number of nitrogens with two attached hydrogens (primary N) is 1. The molecular weight excluding hydrogens is 202 g/mol. The Balaban J connectivity index is 1.86. The van der Waals surface area contributed by atoms with Crippen molar-refractivity contribution in [2.75, 3.05) is 39.3 Å². The van der Waals surface area contributed by atoms with Gasteiger partial charge in [-0.25, -0.2) is 0 Å². The Kier molecular flexibility index (Phi) is 3.50. The van der Waals surface area contributed by atoms with Gasteiger partial charge < -0.3 is 15.5 Å². The molecule has 0 atom stereocenters. The molecule has 1 amide bonds. The highest BCUT2D eigenvalue weighted by Crippen LogP contribution is 2.40. The summed E-state index contributed by atoms with van der Waals surface area (Å²) in [6, 6.07) is 0. The van der Waals surface area contributed by atoms with E-state index in [1.807, 2.05) is 4.90 Å². The lowest BCUT2D eigenvalue weighted by molar-refractivity contribution is -0.131. The first kappa shape index (κ1) is 11.9. The summed E-state index contributed by atoms with van der Waals surface area (Å²) in [4.78, 5) is 15.7. The van der Waals surface area contributed by atoms with E-state index in [4.69, 9.17) is 5.73 Å². The molecule has 0 aliphatic carbocycles. The normalized spacial score (nSPS) is 25.2. The molecule has 4 heteroatoms. The topological polar surface area (TPSA) is 49.6 Å². The zero-order chi connectivity index (χ0) is 11.6. The minimum atomic E-state index is 0.228. The van der Waals surface area contributed by atoms with Crippen molar-refractivity contribution >= 4 is 5.91 Å². The first-order valence-corrected chi connectivity index (χ1v) is 6.33. The van der Waals surface area contributed by atoms with Gasteiger partial charge in [-0.15, -0.1) is 0 Å². The van der Waals surface area contributed by atoms with Crippen molar-refractivity contribution in [3.63, 3.8) is 0 Å². The molecule has 1 spiro atoms. The van der Waals surface area contributed by atoms with Crippen molar-refractivity contribution in [2.45, 2.75) is 26.2 Å². The van der Waals surface area contributed by atoms with Crippen molar-refractivity contribution in [1.82, 2.24) is 9.80 Å². The first-order chi connectivity index (χ1) is 7.65. The van der Waals surface area contributed by atoms with Crippen LogP contribution >= 0.6 is 0 Å². The van der Waals surface area contributed by atoms with Crippen LogP contribution in [0.25, 0.3) is 0 Å². The second-order valence-corrected chi connectivity index (χ2v) is 5.32. The fourth-order valence-electron chi connectivity index (χ4n) is 3.11. The van der Waals surface area contributed by atoms with E-state index in [1.54, 1.807) is 6.92 Å². The number of carbonyl (C=O) groups excluding carboxylic acids is 1. The maximum atomic E-state index is 11.3. The molecule has 4 nitrogen and oxygen atoms in total. The minimum absolute atomic E-state index is 0.228. The summed E-state index contributed by atoms with van der Waals surface area (Å²) in [6.45, 7) is 7.74. The SMILES string of the molecule is CC(=O)N1CCC2(CCN(CCN)C2)CC1. The summed E-state index contributed by atoms with van der Waals surface area (Å²) in [5.74, 6) is 0.228. The van der Waals surface area contributed by atoms with Crippen LogP contribution in [0.15, 0.2) is 0 Å². The first-order valence-electron chi connectivity index (χ1n) is 6.33. The van der Waals surface area contributed by atoms with E-state index in [2.05, 4.69) is 4.90 Å². The van der Waals surface area contributed by atoms with Crippen molar-refractivity contribution in [2.24, 2.45) is 11.1 Å². The summed E-state index contributed by atoms with van der Waals surface area (Å²) in [7, 11) is 0. The van der Waals surface area contributed by atoms with E-state index in [0.29, 0.717) is 5.41 Å². The second-order valence-electron chi connectivity index (χ2n) is 5.32. The van der Waals surface area contributed by atoms with Crippen LogP contribution in [0.2, 0.25) is 0 Å². The molecule has 2 aliphatic rings. The molecule has 16 heavy (non-hydrogen) atoms. The summed E-state index contributed by atoms with van der Waals surface area (Å²) in [5, 5.41) is 0. The zero-order valence-electron chi connectivity index (χ0n) is 10.2. The molecule has 0 aromatic rings. The largest absolute Gasteiger partial charge is 0.343 e. The van der Waals surface area contributed by atoms with E-state index in [-0.39, 0.29) is 5.91 Å². The monoisotopic (exact) mass is 225 g/mol. The van der Waals surface area contributed by atoms with Crippen molar-refractivity contribution in [3.05, 3.63) is 0 Å². The van der Waals surface area contributed by atoms with Gasteiger partial charge in [0.25, 0.3) is 0 Å². The van der Waals surface area contributed by atoms with Gasteiger partial charge in [-0.3, -0.25) is 4.79 Å². The number of rotatable bonds is 2. The molecule has 0 unspecified atom stereocenters. The van der Waals surface area contributed by atoms with Crippen LogP contribution in [0.1, 0.15) is 26.2 Å². The van der Waals surface area contributed by atoms with Crippen LogP contribution in [0.5, 0.6) is 0 Å². The Hall–Kier alpha value is -0.610. The Morgan fingerprint density at radius 3 is 2.44 bits per heavy atom. The molecule has 0 radical (unpaired) electrons. The molecule has 2 N–H and O–H groups in total. The summed E-state index contributed by atoms with van der Waals surface area (Å²) < 4.78 is 0. The minimum Gasteiger partial charge on any atom is -0.343 e. The Bertz CT molecular complexity index is 259. The number of hydrogen-bond acceptors (Lipinski definition) is 3. The molecule has 2 fully saturated rings. The highest BCUT2D eigenvalue weighted by Gasteiger charge is 2.40. The standard InChI is InChI=1S/C12H23N3O/c1-11(16)15-7-3-12(4-8-15)2-6-14(10-12)9-5-13/h2-10,13H2,1H3. The van der Waals surface area contributed by atoms with Crippen molar-refractivity contribution in [1.29, 1.82) is 0 Å². The van der Waals surface area contributed by atoms with Crippen LogP contribution in [0.4, 0.5) is 0 Å². The number of nitrogens with zero attached hydrogens (tertiary/aromatic N) is 2. The predicted octanol–water partition coefficient (Wildman–Crippen LogP) is 0.280. The van der Waals surface area contributed by atoms with Crippen LogP contribution in [-0.2, 0) is 4.79 Å². The van der Waals surface area contributed by atoms with Gasteiger partial charge in [0.1, 0.15) is 0 Å². The lowest BCUT2D eigenvalue weighted by Crippen LogP contribution is -2.43. The third kappa shape index (κ3) is 2.38. The summed E-state index contributed by atoms with van der Waals surface area (Å²) in [6.07, 6.45) is 3.64. The average Bonchev–Trinajstić information content (AvgIpc) is 2.63. The molecule has 2 rings (SSSR count). The Morgan fingerprint density at radius 1 is 1.25 bits per heavy atom. The predicted molar refractivity (Wildman–Crippen MR) is 64.0 cm³/mol. The van der Waals surface area contributed by atoms with Crippen molar-refractivity contribution in [3.8, 4) is 0 Å².